The molecule has 4 heterocycles. The molecule has 2 fully saturated rings. The SMILES string of the molecule is Cc1nnc(-c2ccc(-n3nc(Br)c4cnc(N[C@@H]5CC[C@@H](C(=O)N6CCN(C)C(=O)C6)C5)nc43)cc2F)o1. The van der Waals surface area contributed by atoms with Crippen LogP contribution in [0.2, 0.25) is 0 Å². The lowest BCUT2D eigenvalue weighted by molar-refractivity contribution is -0.146. The fraction of sp³-hybridized carbons (Fsp3) is 0.400. The van der Waals surface area contributed by atoms with Crippen molar-refractivity contribution in [3.63, 3.8) is 0 Å². The number of aryl methyl sites for hydroxylation is 1. The summed E-state index contributed by atoms with van der Waals surface area (Å²) in [6.45, 7) is 2.89. The molecule has 0 spiro atoms. The van der Waals surface area contributed by atoms with Crippen LogP contribution in [0.5, 0.6) is 0 Å². The first kappa shape index (κ1) is 25.3. The van der Waals surface area contributed by atoms with Crippen molar-refractivity contribution in [2.45, 2.75) is 32.2 Å². The highest BCUT2D eigenvalue weighted by molar-refractivity contribution is 9.10. The zero-order valence-electron chi connectivity index (χ0n) is 21.3. The molecule has 1 saturated heterocycles. The molecule has 1 N–H and O–H groups in total. The van der Waals surface area contributed by atoms with E-state index in [2.05, 4.69) is 46.5 Å². The monoisotopic (exact) mass is 597 g/mol. The van der Waals surface area contributed by atoms with E-state index in [4.69, 9.17) is 4.42 Å². The number of carbonyl (C=O) groups excluding carboxylic acids is 2. The molecule has 3 aromatic heterocycles. The molecule has 1 aromatic carbocycles. The smallest absolute Gasteiger partial charge is 0.250 e. The summed E-state index contributed by atoms with van der Waals surface area (Å²) in [5, 5.41) is 16.1. The van der Waals surface area contributed by atoms with Crippen molar-refractivity contribution in [1.82, 2.24) is 39.7 Å². The van der Waals surface area contributed by atoms with Gasteiger partial charge >= 0.3 is 0 Å². The van der Waals surface area contributed by atoms with E-state index in [0.717, 1.165) is 12.8 Å². The van der Waals surface area contributed by atoms with Crippen LogP contribution in [0.25, 0.3) is 28.2 Å². The number of amides is 2. The number of rotatable bonds is 5. The minimum absolute atomic E-state index is 0.00830. The Balaban J connectivity index is 1.19. The van der Waals surface area contributed by atoms with Crippen LogP contribution in [-0.4, -0.2) is 84.3 Å². The molecular formula is C25H25BrFN9O3. The van der Waals surface area contributed by atoms with E-state index in [-0.39, 0.29) is 41.8 Å². The summed E-state index contributed by atoms with van der Waals surface area (Å²) in [4.78, 5) is 37.5. The molecule has 0 bridgehead atoms. The first-order chi connectivity index (χ1) is 18.8. The van der Waals surface area contributed by atoms with E-state index < -0.39 is 5.82 Å². The van der Waals surface area contributed by atoms with Crippen LogP contribution in [-0.2, 0) is 9.59 Å². The molecule has 39 heavy (non-hydrogen) atoms. The average Bonchev–Trinajstić information content (AvgIpc) is 3.64. The molecule has 2 atom stereocenters. The molecule has 0 radical (unpaired) electrons. The predicted octanol–water partition coefficient (Wildman–Crippen LogP) is 2.96. The first-order valence-electron chi connectivity index (χ1n) is 12.6. The number of likely N-dealkylation sites (N-methyl/N-ethyl adjacent to an activating group) is 1. The number of hydrogen-bond donors (Lipinski definition) is 1. The fourth-order valence-electron chi connectivity index (χ4n) is 5.06. The molecule has 202 valence electrons. The standard InChI is InChI=1S/C25H25BrFN9O3/c1-13-31-32-23(39-13)17-6-5-16(10-19(17)27)36-22-18(21(26)33-36)11-28-25(30-22)29-15-4-3-14(9-15)24(38)35-8-7-34(2)20(37)12-35/h5-6,10-11,14-15H,3-4,7-9,12H2,1-2H3,(H,28,29,30)/t14-,15-/m1/s1. The van der Waals surface area contributed by atoms with Gasteiger partial charge < -0.3 is 19.5 Å². The highest BCUT2D eigenvalue weighted by atomic mass is 79.9. The van der Waals surface area contributed by atoms with Crippen molar-refractivity contribution in [1.29, 1.82) is 0 Å². The average molecular weight is 598 g/mol. The van der Waals surface area contributed by atoms with Gasteiger partial charge in [-0.25, -0.2) is 14.1 Å². The Hall–Kier alpha value is -3.94. The van der Waals surface area contributed by atoms with Gasteiger partial charge in [-0.05, 0) is 47.3 Å². The molecule has 6 rings (SSSR count). The predicted molar refractivity (Wildman–Crippen MR) is 141 cm³/mol. The number of fused-ring (bicyclic) bond motifs is 1. The largest absolute Gasteiger partial charge is 0.421 e. The third kappa shape index (κ3) is 4.84. The quantitative estimate of drug-likeness (QED) is 0.368. The molecule has 2 aliphatic rings. The Morgan fingerprint density at radius 3 is 2.82 bits per heavy atom. The highest BCUT2D eigenvalue weighted by Crippen LogP contribution is 2.31. The normalized spacial score (nSPS) is 19.7. The van der Waals surface area contributed by atoms with E-state index in [1.165, 1.54) is 10.7 Å². The van der Waals surface area contributed by atoms with Gasteiger partial charge in [-0.15, -0.1) is 10.2 Å². The Morgan fingerprint density at radius 2 is 2.08 bits per heavy atom. The van der Waals surface area contributed by atoms with Gasteiger partial charge in [0.05, 0.1) is 23.2 Å². The molecular weight excluding hydrogens is 573 g/mol. The Labute approximate surface area is 230 Å². The zero-order chi connectivity index (χ0) is 27.3. The molecule has 14 heteroatoms. The van der Waals surface area contributed by atoms with Gasteiger partial charge in [-0.1, -0.05) is 0 Å². The number of aromatic nitrogens is 6. The van der Waals surface area contributed by atoms with E-state index in [1.807, 2.05) is 0 Å². The third-order valence-electron chi connectivity index (χ3n) is 7.22. The summed E-state index contributed by atoms with van der Waals surface area (Å²) in [5.74, 6) is 0.149. The van der Waals surface area contributed by atoms with Crippen molar-refractivity contribution in [2.75, 3.05) is 32.0 Å². The molecule has 12 nitrogen and oxygen atoms in total. The summed E-state index contributed by atoms with van der Waals surface area (Å²) in [6, 6.07) is 4.60. The van der Waals surface area contributed by atoms with Gasteiger partial charge in [0.15, 0.2) is 5.65 Å². The lowest BCUT2D eigenvalue weighted by Crippen LogP contribution is -2.52. The van der Waals surface area contributed by atoms with Crippen molar-refractivity contribution in [2.24, 2.45) is 5.92 Å². The van der Waals surface area contributed by atoms with Crippen LogP contribution in [0.3, 0.4) is 0 Å². The van der Waals surface area contributed by atoms with Gasteiger partial charge in [-0.3, -0.25) is 9.59 Å². The fourth-order valence-corrected chi connectivity index (χ4v) is 5.50. The van der Waals surface area contributed by atoms with E-state index >= 15 is 0 Å². The van der Waals surface area contributed by atoms with Crippen molar-refractivity contribution in [3.05, 3.63) is 40.7 Å². The van der Waals surface area contributed by atoms with Crippen LogP contribution in [0.15, 0.2) is 33.4 Å². The highest BCUT2D eigenvalue weighted by Gasteiger charge is 2.35. The molecule has 2 amide bonds. The Morgan fingerprint density at radius 1 is 1.23 bits per heavy atom. The lowest BCUT2D eigenvalue weighted by Gasteiger charge is -2.33. The summed E-state index contributed by atoms with van der Waals surface area (Å²) in [7, 11) is 1.75. The number of carbonyl (C=O) groups is 2. The maximum atomic E-state index is 15.0. The van der Waals surface area contributed by atoms with Gasteiger partial charge in [0.2, 0.25) is 23.7 Å². The minimum atomic E-state index is -0.535. The summed E-state index contributed by atoms with van der Waals surface area (Å²) < 4.78 is 22.4. The molecule has 1 saturated carbocycles. The molecule has 4 aromatic rings. The van der Waals surface area contributed by atoms with Crippen LogP contribution in [0.1, 0.15) is 25.2 Å². The van der Waals surface area contributed by atoms with E-state index in [9.17, 15) is 14.0 Å². The second-order valence-corrected chi connectivity index (χ2v) is 10.6. The van der Waals surface area contributed by atoms with Crippen molar-refractivity contribution < 1.29 is 18.4 Å². The summed E-state index contributed by atoms with van der Waals surface area (Å²) >= 11 is 3.44. The number of halogens is 2. The van der Waals surface area contributed by atoms with Crippen LogP contribution in [0, 0.1) is 18.7 Å². The topological polar surface area (TPSA) is 135 Å². The zero-order valence-corrected chi connectivity index (χ0v) is 22.9. The second kappa shape index (κ2) is 9.98. The van der Waals surface area contributed by atoms with Gasteiger partial charge in [0, 0.05) is 51.3 Å². The number of benzene rings is 1. The van der Waals surface area contributed by atoms with Crippen LogP contribution >= 0.6 is 15.9 Å². The number of nitrogens with one attached hydrogen (secondary N) is 1. The summed E-state index contributed by atoms with van der Waals surface area (Å²) in [6.07, 6.45) is 3.79. The van der Waals surface area contributed by atoms with E-state index in [1.54, 1.807) is 42.1 Å². The number of hydrogen-bond acceptors (Lipinski definition) is 9. The third-order valence-corrected chi connectivity index (χ3v) is 7.80. The van der Waals surface area contributed by atoms with Gasteiger partial charge in [0.25, 0.3) is 5.89 Å². The van der Waals surface area contributed by atoms with E-state index in [0.29, 0.717) is 52.7 Å². The van der Waals surface area contributed by atoms with Crippen LogP contribution < -0.4 is 5.32 Å². The van der Waals surface area contributed by atoms with Crippen LogP contribution in [0.4, 0.5) is 10.3 Å². The van der Waals surface area contributed by atoms with Crippen molar-refractivity contribution >= 4 is 44.7 Å². The minimum Gasteiger partial charge on any atom is -0.421 e. The Kier molecular flexibility index (Phi) is 6.49. The number of piperazine rings is 1. The lowest BCUT2D eigenvalue weighted by atomic mass is 10.1. The maximum Gasteiger partial charge on any atom is 0.250 e. The van der Waals surface area contributed by atoms with Crippen molar-refractivity contribution in [3.8, 4) is 17.1 Å². The second-order valence-electron chi connectivity index (χ2n) is 9.85. The Bertz CT molecular complexity index is 1590. The molecule has 1 aliphatic carbocycles. The van der Waals surface area contributed by atoms with Gasteiger partial charge in [0.1, 0.15) is 10.4 Å². The first-order valence-corrected chi connectivity index (χ1v) is 13.4. The molecule has 1 aliphatic heterocycles. The number of nitrogens with zero attached hydrogens (tertiary/aromatic N) is 8. The van der Waals surface area contributed by atoms with Gasteiger partial charge in [-0.2, -0.15) is 10.1 Å². The molecule has 0 unspecified atom stereocenters. The maximum absolute atomic E-state index is 15.0. The number of anilines is 1. The summed E-state index contributed by atoms with van der Waals surface area (Å²) in [5.41, 5.74) is 1.14.